The van der Waals surface area contributed by atoms with Gasteiger partial charge in [0.15, 0.2) is 0 Å². The standard InChI is InChI=1S/C14H16F3N3O2/c15-14(16,17)10-4-2-1-3-9(10)8-20-6-5-19-13(22)11(20)7-12(18)21/h1-4,11H,5-8H2,(H2,18,21)(H,19,22)/t11-/m0/s1. The minimum Gasteiger partial charge on any atom is -0.370 e. The highest BCUT2D eigenvalue weighted by molar-refractivity contribution is 5.88. The maximum absolute atomic E-state index is 13.0. The lowest BCUT2D eigenvalue weighted by Gasteiger charge is -2.34. The summed E-state index contributed by atoms with van der Waals surface area (Å²) in [6, 6.07) is 4.36. The third-order valence-corrected chi connectivity index (χ3v) is 3.53. The first kappa shape index (κ1) is 16.3. The second kappa shape index (κ2) is 6.35. The van der Waals surface area contributed by atoms with Crippen LogP contribution in [0, 0.1) is 0 Å². The fourth-order valence-corrected chi connectivity index (χ4v) is 2.52. The van der Waals surface area contributed by atoms with E-state index < -0.39 is 29.6 Å². The van der Waals surface area contributed by atoms with Gasteiger partial charge in [0.25, 0.3) is 0 Å². The van der Waals surface area contributed by atoms with Crippen LogP contribution < -0.4 is 11.1 Å². The molecular weight excluding hydrogens is 299 g/mol. The van der Waals surface area contributed by atoms with Crippen LogP contribution in [-0.2, 0) is 22.3 Å². The van der Waals surface area contributed by atoms with Gasteiger partial charge in [-0.05, 0) is 11.6 Å². The molecule has 0 saturated carbocycles. The van der Waals surface area contributed by atoms with Gasteiger partial charge < -0.3 is 11.1 Å². The van der Waals surface area contributed by atoms with E-state index in [-0.39, 0.29) is 18.5 Å². The van der Waals surface area contributed by atoms with Crippen LogP contribution >= 0.6 is 0 Å². The number of nitrogens with one attached hydrogen (secondary N) is 1. The molecule has 1 heterocycles. The lowest BCUT2D eigenvalue weighted by atomic mass is 10.0. The maximum Gasteiger partial charge on any atom is 0.416 e. The third-order valence-electron chi connectivity index (χ3n) is 3.53. The summed E-state index contributed by atoms with van der Waals surface area (Å²) >= 11 is 0. The number of primary amides is 1. The number of nitrogens with zero attached hydrogens (tertiary/aromatic N) is 1. The number of rotatable bonds is 4. The summed E-state index contributed by atoms with van der Waals surface area (Å²) < 4.78 is 39.0. The summed E-state index contributed by atoms with van der Waals surface area (Å²) in [7, 11) is 0. The Hall–Kier alpha value is -2.09. The average Bonchev–Trinajstić information content (AvgIpc) is 2.42. The van der Waals surface area contributed by atoms with Crippen molar-refractivity contribution in [3.05, 3.63) is 35.4 Å². The molecule has 0 aromatic heterocycles. The van der Waals surface area contributed by atoms with Gasteiger partial charge >= 0.3 is 6.18 Å². The van der Waals surface area contributed by atoms with E-state index in [2.05, 4.69) is 5.32 Å². The molecule has 1 aromatic rings. The van der Waals surface area contributed by atoms with Crippen LogP contribution in [0.3, 0.4) is 0 Å². The molecule has 0 bridgehead atoms. The van der Waals surface area contributed by atoms with E-state index in [0.717, 1.165) is 6.07 Å². The van der Waals surface area contributed by atoms with Gasteiger partial charge in [-0.3, -0.25) is 14.5 Å². The maximum atomic E-state index is 13.0. The number of carbonyl (C=O) groups excluding carboxylic acids is 2. The van der Waals surface area contributed by atoms with Gasteiger partial charge in [0.2, 0.25) is 11.8 Å². The number of nitrogens with two attached hydrogens (primary N) is 1. The molecule has 5 nitrogen and oxygen atoms in total. The van der Waals surface area contributed by atoms with Gasteiger partial charge in [0, 0.05) is 19.6 Å². The fourth-order valence-electron chi connectivity index (χ4n) is 2.52. The van der Waals surface area contributed by atoms with E-state index in [0.29, 0.717) is 13.1 Å². The Morgan fingerprint density at radius 2 is 2.05 bits per heavy atom. The van der Waals surface area contributed by atoms with E-state index in [1.807, 2.05) is 0 Å². The summed E-state index contributed by atoms with van der Waals surface area (Å²) in [6.07, 6.45) is -4.69. The molecule has 22 heavy (non-hydrogen) atoms. The second-order valence-electron chi connectivity index (χ2n) is 5.10. The predicted octanol–water partition coefficient (Wildman–Crippen LogP) is 0.881. The van der Waals surface area contributed by atoms with Crippen molar-refractivity contribution in [2.45, 2.75) is 25.2 Å². The largest absolute Gasteiger partial charge is 0.416 e. The zero-order valence-electron chi connectivity index (χ0n) is 11.7. The molecule has 1 aliphatic heterocycles. The third kappa shape index (κ3) is 3.76. The number of halogens is 3. The molecule has 1 saturated heterocycles. The van der Waals surface area contributed by atoms with E-state index in [9.17, 15) is 22.8 Å². The van der Waals surface area contributed by atoms with E-state index in [1.165, 1.54) is 18.2 Å². The fraction of sp³-hybridized carbons (Fsp3) is 0.429. The molecular formula is C14H16F3N3O2. The molecule has 0 aliphatic carbocycles. The van der Waals surface area contributed by atoms with Gasteiger partial charge in [-0.2, -0.15) is 13.2 Å². The Morgan fingerprint density at radius 3 is 2.68 bits per heavy atom. The van der Waals surface area contributed by atoms with Crippen molar-refractivity contribution >= 4 is 11.8 Å². The number of benzene rings is 1. The molecule has 2 rings (SSSR count). The monoisotopic (exact) mass is 315 g/mol. The number of amides is 2. The summed E-state index contributed by atoms with van der Waals surface area (Å²) in [6.45, 7) is 0.610. The predicted molar refractivity (Wildman–Crippen MR) is 72.5 cm³/mol. The summed E-state index contributed by atoms with van der Waals surface area (Å²) in [5.41, 5.74) is 4.45. The van der Waals surface area contributed by atoms with Crippen LogP contribution in [0.5, 0.6) is 0 Å². The van der Waals surface area contributed by atoms with E-state index in [4.69, 9.17) is 5.73 Å². The van der Waals surface area contributed by atoms with Crippen molar-refractivity contribution in [1.29, 1.82) is 0 Å². The van der Waals surface area contributed by atoms with Crippen molar-refractivity contribution in [1.82, 2.24) is 10.2 Å². The lowest BCUT2D eigenvalue weighted by Crippen LogP contribution is -2.55. The number of piperazine rings is 1. The van der Waals surface area contributed by atoms with Gasteiger partial charge in [0.1, 0.15) is 0 Å². The van der Waals surface area contributed by atoms with Gasteiger partial charge in [-0.25, -0.2) is 0 Å². The van der Waals surface area contributed by atoms with Crippen LogP contribution in [0.1, 0.15) is 17.5 Å². The molecule has 2 amide bonds. The molecule has 1 aromatic carbocycles. The number of hydrogen-bond acceptors (Lipinski definition) is 3. The zero-order valence-corrected chi connectivity index (χ0v) is 11.7. The van der Waals surface area contributed by atoms with Crippen LogP contribution in [0.25, 0.3) is 0 Å². The van der Waals surface area contributed by atoms with Gasteiger partial charge in [0.05, 0.1) is 18.0 Å². The summed E-state index contributed by atoms with van der Waals surface area (Å²) in [5.74, 6) is -1.06. The van der Waals surface area contributed by atoms with Crippen molar-refractivity contribution in [2.24, 2.45) is 5.73 Å². The molecule has 1 atom stereocenters. The van der Waals surface area contributed by atoms with Crippen molar-refractivity contribution in [3.63, 3.8) is 0 Å². The quantitative estimate of drug-likeness (QED) is 0.866. The summed E-state index contributed by atoms with van der Waals surface area (Å²) in [5, 5.41) is 2.59. The molecule has 8 heteroatoms. The van der Waals surface area contributed by atoms with Gasteiger partial charge in [-0.1, -0.05) is 18.2 Å². The first-order valence-corrected chi connectivity index (χ1v) is 6.74. The van der Waals surface area contributed by atoms with E-state index in [1.54, 1.807) is 4.90 Å². The molecule has 0 radical (unpaired) electrons. The van der Waals surface area contributed by atoms with Gasteiger partial charge in [-0.15, -0.1) is 0 Å². The Balaban J connectivity index is 2.24. The van der Waals surface area contributed by atoms with E-state index >= 15 is 0 Å². The highest BCUT2D eigenvalue weighted by atomic mass is 19.4. The first-order chi connectivity index (χ1) is 10.3. The molecule has 1 aliphatic rings. The number of carbonyl (C=O) groups is 2. The van der Waals surface area contributed by atoms with Crippen LogP contribution in [-0.4, -0.2) is 35.8 Å². The highest BCUT2D eigenvalue weighted by Gasteiger charge is 2.36. The van der Waals surface area contributed by atoms with Crippen LogP contribution in [0.4, 0.5) is 13.2 Å². The number of alkyl halides is 3. The molecule has 3 N–H and O–H groups in total. The summed E-state index contributed by atoms with van der Waals surface area (Å²) in [4.78, 5) is 24.5. The Kier molecular flexibility index (Phi) is 4.70. The molecule has 1 fully saturated rings. The Bertz CT molecular complexity index is 575. The Labute approximate surface area is 125 Å². The first-order valence-electron chi connectivity index (χ1n) is 6.74. The second-order valence-corrected chi connectivity index (χ2v) is 5.10. The molecule has 0 spiro atoms. The van der Waals surface area contributed by atoms with Crippen molar-refractivity contribution in [3.8, 4) is 0 Å². The average molecular weight is 315 g/mol. The Morgan fingerprint density at radius 1 is 1.36 bits per heavy atom. The number of hydrogen-bond donors (Lipinski definition) is 2. The normalized spacial score (nSPS) is 19.8. The molecule has 120 valence electrons. The lowest BCUT2D eigenvalue weighted by molar-refractivity contribution is -0.139. The minimum atomic E-state index is -4.46. The smallest absolute Gasteiger partial charge is 0.370 e. The van der Waals surface area contributed by atoms with Crippen LogP contribution in [0.15, 0.2) is 24.3 Å². The minimum absolute atomic E-state index is 0.0684. The highest BCUT2D eigenvalue weighted by Crippen LogP contribution is 2.32. The SMILES string of the molecule is NC(=O)C[C@H]1C(=O)NCCN1Cc1ccccc1C(F)(F)F. The van der Waals surface area contributed by atoms with Crippen molar-refractivity contribution in [2.75, 3.05) is 13.1 Å². The zero-order chi connectivity index (χ0) is 16.3. The van der Waals surface area contributed by atoms with Crippen LogP contribution in [0.2, 0.25) is 0 Å². The molecule has 0 unspecified atom stereocenters. The topological polar surface area (TPSA) is 75.4 Å². The van der Waals surface area contributed by atoms with Crippen molar-refractivity contribution < 1.29 is 22.8 Å².